The second kappa shape index (κ2) is 5.29. The zero-order chi connectivity index (χ0) is 14.1. The van der Waals surface area contributed by atoms with E-state index in [4.69, 9.17) is 5.11 Å². The highest BCUT2D eigenvalue weighted by molar-refractivity contribution is 5.81. The summed E-state index contributed by atoms with van der Waals surface area (Å²) in [4.78, 5) is 25.0. The SMILES string of the molecule is CC(N(C)C(=O)C1CCC(C(=O)O)C1)C(C)(C)C. The van der Waals surface area contributed by atoms with Crippen molar-refractivity contribution in [2.45, 2.75) is 53.0 Å². The lowest BCUT2D eigenvalue weighted by Gasteiger charge is -2.36. The Morgan fingerprint density at radius 3 is 2.11 bits per heavy atom. The molecule has 18 heavy (non-hydrogen) atoms. The van der Waals surface area contributed by atoms with Crippen LogP contribution in [0.25, 0.3) is 0 Å². The van der Waals surface area contributed by atoms with Crippen molar-refractivity contribution >= 4 is 11.9 Å². The van der Waals surface area contributed by atoms with Crippen LogP contribution in [0.2, 0.25) is 0 Å². The summed E-state index contributed by atoms with van der Waals surface area (Å²) in [6.07, 6.45) is 1.83. The Morgan fingerprint density at radius 1 is 1.22 bits per heavy atom. The summed E-state index contributed by atoms with van der Waals surface area (Å²) in [5, 5.41) is 8.96. The van der Waals surface area contributed by atoms with Crippen LogP contribution < -0.4 is 0 Å². The first-order chi connectivity index (χ1) is 8.14. The number of carbonyl (C=O) groups is 2. The van der Waals surface area contributed by atoms with Crippen LogP contribution in [0, 0.1) is 17.3 Å². The fraction of sp³-hybridized carbons (Fsp3) is 0.857. The maximum absolute atomic E-state index is 12.3. The van der Waals surface area contributed by atoms with Crippen molar-refractivity contribution in [3.63, 3.8) is 0 Å². The van der Waals surface area contributed by atoms with Gasteiger partial charge in [-0.3, -0.25) is 9.59 Å². The third-order valence-corrected chi connectivity index (χ3v) is 4.31. The van der Waals surface area contributed by atoms with Crippen molar-refractivity contribution in [1.29, 1.82) is 0 Å². The molecule has 3 atom stereocenters. The molecule has 0 radical (unpaired) electrons. The van der Waals surface area contributed by atoms with Gasteiger partial charge in [0.05, 0.1) is 5.92 Å². The van der Waals surface area contributed by atoms with Crippen LogP contribution in [-0.2, 0) is 9.59 Å². The van der Waals surface area contributed by atoms with E-state index in [2.05, 4.69) is 20.8 Å². The number of hydrogen-bond acceptors (Lipinski definition) is 2. The molecule has 3 unspecified atom stereocenters. The van der Waals surface area contributed by atoms with Crippen molar-refractivity contribution in [2.24, 2.45) is 17.3 Å². The molecule has 1 amide bonds. The Hall–Kier alpha value is -1.06. The quantitative estimate of drug-likeness (QED) is 0.842. The topological polar surface area (TPSA) is 57.6 Å². The Bertz CT molecular complexity index is 332. The zero-order valence-electron chi connectivity index (χ0n) is 12.1. The molecule has 0 aliphatic heterocycles. The monoisotopic (exact) mass is 255 g/mol. The van der Waals surface area contributed by atoms with Gasteiger partial charge in [-0.05, 0) is 31.6 Å². The largest absolute Gasteiger partial charge is 0.481 e. The van der Waals surface area contributed by atoms with E-state index in [9.17, 15) is 9.59 Å². The standard InChI is InChI=1S/C14H25NO3/c1-9(14(2,3)4)15(5)12(16)10-6-7-11(8-10)13(17)18/h9-11H,6-8H2,1-5H3,(H,17,18). The first kappa shape index (κ1) is 15.0. The number of rotatable bonds is 3. The third-order valence-electron chi connectivity index (χ3n) is 4.31. The first-order valence-electron chi connectivity index (χ1n) is 6.64. The molecular weight excluding hydrogens is 230 g/mol. The lowest BCUT2D eigenvalue weighted by molar-refractivity contribution is -0.142. The molecule has 1 aliphatic carbocycles. The van der Waals surface area contributed by atoms with Gasteiger partial charge in [0.25, 0.3) is 0 Å². The van der Waals surface area contributed by atoms with E-state index >= 15 is 0 Å². The minimum absolute atomic E-state index is 0.0369. The Kier molecular flexibility index (Phi) is 4.41. The smallest absolute Gasteiger partial charge is 0.306 e. The number of hydrogen-bond donors (Lipinski definition) is 1. The maximum atomic E-state index is 12.3. The zero-order valence-corrected chi connectivity index (χ0v) is 12.1. The fourth-order valence-electron chi connectivity index (χ4n) is 2.49. The van der Waals surface area contributed by atoms with Gasteiger partial charge in [-0.1, -0.05) is 20.8 Å². The number of carboxylic acids is 1. The molecule has 1 N–H and O–H groups in total. The second-order valence-electron chi connectivity index (χ2n) is 6.54. The summed E-state index contributed by atoms with van der Waals surface area (Å²) in [5.41, 5.74) is 0.0369. The van der Waals surface area contributed by atoms with E-state index in [-0.39, 0.29) is 29.2 Å². The van der Waals surface area contributed by atoms with Gasteiger partial charge in [0.2, 0.25) is 5.91 Å². The fourth-order valence-corrected chi connectivity index (χ4v) is 2.49. The molecule has 0 aromatic rings. The van der Waals surface area contributed by atoms with Crippen molar-refractivity contribution < 1.29 is 14.7 Å². The van der Waals surface area contributed by atoms with Crippen LogP contribution in [0.5, 0.6) is 0 Å². The van der Waals surface area contributed by atoms with Crippen molar-refractivity contribution in [2.75, 3.05) is 7.05 Å². The van der Waals surface area contributed by atoms with E-state index in [1.54, 1.807) is 4.90 Å². The highest BCUT2D eigenvalue weighted by Crippen LogP contribution is 2.33. The lowest BCUT2D eigenvalue weighted by Crippen LogP contribution is -2.45. The lowest BCUT2D eigenvalue weighted by atomic mass is 9.86. The molecule has 1 rings (SSSR count). The molecule has 0 bridgehead atoms. The number of amides is 1. The van der Waals surface area contributed by atoms with Gasteiger partial charge < -0.3 is 10.0 Å². The average molecular weight is 255 g/mol. The number of aliphatic carboxylic acids is 1. The van der Waals surface area contributed by atoms with E-state index < -0.39 is 5.97 Å². The molecule has 0 spiro atoms. The van der Waals surface area contributed by atoms with E-state index in [1.165, 1.54) is 0 Å². The van der Waals surface area contributed by atoms with Gasteiger partial charge in [0.1, 0.15) is 0 Å². The van der Waals surface area contributed by atoms with Crippen LogP contribution in [-0.4, -0.2) is 35.0 Å². The van der Waals surface area contributed by atoms with Crippen molar-refractivity contribution in [3.05, 3.63) is 0 Å². The predicted molar refractivity (Wildman–Crippen MR) is 70.2 cm³/mol. The van der Waals surface area contributed by atoms with Gasteiger partial charge in [-0.15, -0.1) is 0 Å². The van der Waals surface area contributed by atoms with Gasteiger partial charge in [-0.25, -0.2) is 0 Å². The molecule has 1 aliphatic rings. The molecule has 0 aromatic heterocycles. The van der Waals surface area contributed by atoms with Crippen LogP contribution in [0.4, 0.5) is 0 Å². The molecular formula is C14H25NO3. The molecule has 4 nitrogen and oxygen atoms in total. The van der Waals surface area contributed by atoms with Crippen LogP contribution in [0.15, 0.2) is 0 Å². The van der Waals surface area contributed by atoms with Crippen LogP contribution in [0.1, 0.15) is 47.0 Å². The highest BCUT2D eigenvalue weighted by Gasteiger charge is 2.37. The van der Waals surface area contributed by atoms with Crippen LogP contribution in [0.3, 0.4) is 0 Å². The molecule has 104 valence electrons. The van der Waals surface area contributed by atoms with E-state index in [0.29, 0.717) is 19.3 Å². The summed E-state index contributed by atoms with van der Waals surface area (Å²) in [6, 6.07) is 0.147. The average Bonchev–Trinajstić information content (AvgIpc) is 2.74. The minimum Gasteiger partial charge on any atom is -0.481 e. The minimum atomic E-state index is -0.767. The van der Waals surface area contributed by atoms with Crippen molar-refractivity contribution in [1.82, 2.24) is 4.90 Å². The third kappa shape index (κ3) is 3.24. The highest BCUT2D eigenvalue weighted by atomic mass is 16.4. The molecule has 0 heterocycles. The summed E-state index contributed by atoms with van der Waals surface area (Å²) in [7, 11) is 1.83. The maximum Gasteiger partial charge on any atom is 0.306 e. The number of carbonyl (C=O) groups excluding carboxylic acids is 1. The number of nitrogens with zero attached hydrogens (tertiary/aromatic N) is 1. The number of carboxylic acid groups (broad SMARTS) is 1. The predicted octanol–water partition coefficient (Wildman–Crippen LogP) is 2.38. The molecule has 4 heteroatoms. The molecule has 0 aromatic carbocycles. The first-order valence-corrected chi connectivity index (χ1v) is 6.64. The Balaban J connectivity index is 2.64. The van der Waals surface area contributed by atoms with Crippen LogP contribution >= 0.6 is 0 Å². The summed E-state index contributed by atoms with van der Waals surface area (Å²) >= 11 is 0. The van der Waals surface area contributed by atoms with Gasteiger partial charge in [-0.2, -0.15) is 0 Å². The van der Waals surface area contributed by atoms with Gasteiger partial charge >= 0.3 is 5.97 Å². The van der Waals surface area contributed by atoms with Gasteiger partial charge in [0, 0.05) is 19.0 Å². The Labute approximate surface area is 109 Å². The second-order valence-corrected chi connectivity index (χ2v) is 6.54. The summed E-state index contributed by atoms with van der Waals surface area (Å²) in [6.45, 7) is 8.37. The molecule has 1 fully saturated rings. The normalized spacial score (nSPS) is 25.8. The van der Waals surface area contributed by atoms with E-state index in [0.717, 1.165) is 0 Å². The molecule has 1 saturated carbocycles. The van der Waals surface area contributed by atoms with Gasteiger partial charge in [0.15, 0.2) is 0 Å². The Morgan fingerprint density at radius 2 is 1.72 bits per heavy atom. The van der Waals surface area contributed by atoms with Crippen molar-refractivity contribution in [3.8, 4) is 0 Å². The summed E-state index contributed by atoms with van der Waals surface area (Å²) < 4.78 is 0. The molecule has 0 saturated heterocycles. The summed E-state index contributed by atoms with van der Waals surface area (Å²) in [5.74, 6) is -1.11. The van der Waals surface area contributed by atoms with E-state index in [1.807, 2.05) is 14.0 Å².